The van der Waals surface area contributed by atoms with Gasteiger partial charge in [0.05, 0.1) is 5.69 Å². The molecule has 0 aliphatic carbocycles. The van der Waals surface area contributed by atoms with Crippen molar-refractivity contribution in [3.05, 3.63) is 64.9 Å². The number of nitrogens with one attached hydrogen (secondary N) is 2. The molecule has 0 saturated carbocycles. The van der Waals surface area contributed by atoms with E-state index in [1.165, 1.54) is 0 Å². The minimum absolute atomic E-state index is 0.262. The number of benzene rings is 1. The Bertz CT molecular complexity index is 822. The summed E-state index contributed by atoms with van der Waals surface area (Å²) in [6.07, 6.45) is 4.17. The lowest BCUT2D eigenvalue weighted by Crippen LogP contribution is -2.30. The molecule has 1 aromatic carbocycles. The molecule has 2 N–H and O–H groups in total. The molecule has 0 fully saturated rings. The van der Waals surface area contributed by atoms with Crippen molar-refractivity contribution in [3.8, 4) is 10.6 Å². The maximum absolute atomic E-state index is 11.9. The van der Waals surface area contributed by atoms with Crippen LogP contribution in [0.15, 0.2) is 54.2 Å². The van der Waals surface area contributed by atoms with E-state index in [0.717, 1.165) is 16.3 Å². The normalized spacial score (nSPS) is 10.4. The van der Waals surface area contributed by atoms with Gasteiger partial charge in [-0.25, -0.2) is 9.78 Å². The van der Waals surface area contributed by atoms with Crippen molar-refractivity contribution >= 4 is 34.7 Å². The fourth-order valence-electron chi connectivity index (χ4n) is 2.09. The van der Waals surface area contributed by atoms with E-state index >= 15 is 0 Å². The van der Waals surface area contributed by atoms with Crippen molar-refractivity contribution in [2.75, 3.05) is 11.9 Å². The van der Waals surface area contributed by atoms with Crippen molar-refractivity contribution in [1.29, 1.82) is 0 Å². The third kappa shape index (κ3) is 4.53. The second-order valence-electron chi connectivity index (χ2n) is 5.02. The molecule has 0 saturated heterocycles. The number of carbonyl (C=O) groups excluding carboxylic acids is 1. The maximum Gasteiger partial charge on any atom is 0.319 e. The summed E-state index contributed by atoms with van der Waals surface area (Å²) >= 11 is 7.47. The third-order valence-electron chi connectivity index (χ3n) is 3.23. The lowest BCUT2D eigenvalue weighted by Gasteiger charge is -2.07. The van der Waals surface area contributed by atoms with E-state index in [0.29, 0.717) is 23.7 Å². The van der Waals surface area contributed by atoms with Crippen LogP contribution in [0.25, 0.3) is 10.6 Å². The van der Waals surface area contributed by atoms with Gasteiger partial charge in [-0.2, -0.15) is 0 Å². The van der Waals surface area contributed by atoms with E-state index < -0.39 is 0 Å². The minimum Gasteiger partial charge on any atom is -0.337 e. The molecule has 24 heavy (non-hydrogen) atoms. The van der Waals surface area contributed by atoms with Gasteiger partial charge in [-0.15, -0.1) is 11.3 Å². The lowest BCUT2D eigenvalue weighted by atomic mass is 10.3. The van der Waals surface area contributed by atoms with Gasteiger partial charge in [-0.1, -0.05) is 17.7 Å². The van der Waals surface area contributed by atoms with E-state index in [1.54, 1.807) is 48.0 Å². The molecular formula is C17H15ClN4OS. The Morgan fingerprint density at radius 2 is 2.04 bits per heavy atom. The van der Waals surface area contributed by atoms with Crippen LogP contribution >= 0.6 is 22.9 Å². The number of halogens is 1. The first-order chi connectivity index (χ1) is 11.7. The van der Waals surface area contributed by atoms with Gasteiger partial charge in [0, 0.05) is 47.0 Å². The Hall–Kier alpha value is -2.44. The van der Waals surface area contributed by atoms with Crippen molar-refractivity contribution in [3.63, 3.8) is 0 Å². The second kappa shape index (κ2) is 7.90. The number of thiazole rings is 1. The van der Waals surface area contributed by atoms with Crippen LogP contribution in [0.1, 0.15) is 5.69 Å². The number of aromatic nitrogens is 2. The van der Waals surface area contributed by atoms with Crippen LogP contribution in [0.4, 0.5) is 10.5 Å². The highest BCUT2D eigenvalue weighted by molar-refractivity contribution is 7.13. The first-order valence-corrected chi connectivity index (χ1v) is 8.62. The molecule has 0 radical (unpaired) electrons. The zero-order valence-corrected chi connectivity index (χ0v) is 14.3. The number of carbonyl (C=O) groups is 1. The molecule has 122 valence electrons. The number of rotatable bonds is 5. The second-order valence-corrected chi connectivity index (χ2v) is 6.32. The van der Waals surface area contributed by atoms with Crippen molar-refractivity contribution in [2.24, 2.45) is 0 Å². The summed E-state index contributed by atoms with van der Waals surface area (Å²) in [6.45, 7) is 0.506. The van der Waals surface area contributed by atoms with E-state index in [9.17, 15) is 4.79 Å². The van der Waals surface area contributed by atoms with Crippen LogP contribution in [0.5, 0.6) is 0 Å². The molecule has 2 amide bonds. The highest BCUT2D eigenvalue weighted by Gasteiger charge is 2.06. The molecule has 2 aromatic heterocycles. The fraction of sp³-hybridized carbons (Fsp3) is 0.118. The topological polar surface area (TPSA) is 66.9 Å². The number of amides is 2. The van der Waals surface area contributed by atoms with Gasteiger partial charge in [0.25, 0.3) is 0 Å². The summed E-state index contributed by atoms with van der Waals surface area (Å²) in [4.78, 5) is 20.4. The molecule has 0 aliphatic heterocycles. The smallest absolute Gasteiger partial charge is 0.319 e. The quantitative estimate of drug-likeness (QED) is 0.717. The Balaban J connectivity index is 1.48. The van der Waals surface area contributed by atoms with Crippen LogP contribution in [0.3, 0.4) is 0 Å². The molecule has 7 heteroatoms. The SMILES string of the molecule is O=C(NCCc1csc(-c2ccncc2)n1)Nc1cccc(Cl)c1. The molecule has 5 nitrogen and oxygen atoms in total. The van der Waals surface area contributed by atoms with Gasteiger partial charge >= 0.3 is 6.03 Å². The van der Waals surface area contributed by atoms with Crippen LogP contribution in [-0.4, -0.2) is 22.5 Å². The zero-order valence-electron chi connectivity index (χ0n) is 12.7. The van der Waals surface area contributed by atoms with E-state index in [2.05, 4.69) is 20.6 Å². The zero-order chi connectivity index (χ0) is 16.8. The number of nitrogens with zero attached hydrogens (tertiary/aromatic N) is 2. The lowest BCUT2D eigenvalue weighted by molar-refractivity contribution is 0.252. The Morgan fingerprint density at radius 1 is 1.21 bits per heavy atom. The van der Waals surface area contributed by atoms with Crippen molar-refractivity contribution < 1.29 is 4.79 Å². The molecule has 0 spiro atoms. The summed E-state index contributed by atoms with van der Waals surface area (Å²) < 4.78 is 0. The standard InChI is InChI=1S/C17H15ClN4OS/c18-13-2-1-3-14(10-13)22-17(23)20-9-6-15-11-24-16(21-15)12-4-7-19-8-5-12/h1-5,7-8,10-11H,6,9H2,(H2,20,22,23). The van der Waals surface area contributed by atoms with Gasteiger partial charge in [0.2, 0.25) is 0 Å². The first kappa shape index (κ1) is 16.4. The van der Waals surface area contributed by atoms with Crippen LogP contribution in [0.2, 0.25) is 5.02 Å². The van der Waals surface area contributed by atoms with E-state index in [1.807, 2.05) is 17.5 Å². The van der Waals surface area contributed by atoms with Crippen molar-refractivity contribution in [2.45, 2.75) is 6.42 Å². The Morgan fingerprint density at radius 3 is 2.83 bits per heavy atom. The molecule has 0 atom stereocenters. The van der Waals surface area contributed by atoms with Crippen LogP contribution in [-0.2, 0) is 6.42 Å². The number of urea groups is 1. The van der Waals surface area contributed by atoms with Crippen LogP contribution < -0.4 is 10.6 Å². The average Bonchev–Trinajstić information content (AvgIpc) is 3.04. The largest absolute Gasteiger partial charge is 0.337 e. The molecule has 0 unspecified atom stereocenters. The molecule has 3 rings (SSSR count). The van der Waals surface area contributed by atoms with Gasteiger partial charge in [-0.05, 0) is 30.3 Å². The Labute approximate surface area is 148 Å². The van der Waals surface area contributed by atoms with Crippen LogP contribution in [0, 0.1) is 0 Å². The number of hydrogen-bond donors (Lipinski definition) is 2. The van der Waals surface area contributed by atoms with Crippen molar-refractivity contribution in [1.82, 2.24) is 15.3 Å². The monoisotopic (exact) mass is 358 g/mol. The molecular weight excluding hydrogens is 344 g/mol. The van der Waals surface area contributed by atoms with E-state index in [4.69, 9.17) is 11.6 Å². The molecule has 0 aliphatic rings. The van der Waals surface area contributed by atoms with Gasteiger partial charge in [-0.3, -0.25) is 4.98 Å². The predicted octanol–water partition coefficient (Wildman–Crippen LogP) is 4.22. The van der Waals surface area contributed by atoms with Gasteiger partial charge in [0.15, 0.2) is 0 Å². The van der Waals surface area contributed by atoms with E-state index in [-0.39, 0.29) is 6.03 Å². The number of hydrogen-bond acceptors (Lipinski definition) is 4. The summed E-state index contributed by atoms with van der Waals surface area (Å²) in [6, 6.07) is 10.6. The summed E-state index contributed by atoms with van der Waals surface area (Å²) in [5.41, 5.74) is 2.66. The highest BCUT2D eigenvalue weighted by atomic mass is 35.5. The van der Waals surface area contributed by atoms with Gasteiger partial charge in [0.1, 0.15) is 5.01 Å². The summed E-state index contributed by atoms with van der Waals surface area (Å²) in [5, 5.41) is 9.09. The summed E-state index contributed by atoms with van der Waals surface area (Å²) in [5.74, 6) is 0. The predicted molar refractivity (Wildman–Crippen MR) is 97.5 cm³/mol. The van der Waals surface area contributed by atoms with Gasteiger partial charge < -0.3 is 10.6 Å². The first-order valence-electron chi connectivity index (χ1n) is 7.36. The molecule has 0 bridgehead atoms. The third-order valence-corrected chi connectivity index (χ3v) is 4.40. The molecule has 2 heterocycles. The highest BCUT2D eigenvalue weighted by Crippen LogP contribution is 2.22. The Kier molecular flexibility index (Phi) is 5.40. The number of anilines is 1. The average molecular weight is 359 g/mol. The number of pyridine rings is 1. The maximum atomic E-state index is 11.9. The molecule has 3 aromatic rings. The fourth-order valence-corrected chi connectivity index (χ4v) is 3.15. The minimum atomic E-state index is -0.262. The summed E-state index contributed by atoms with van der Waals surface area (Å²) in [7, 11) is 0.